The van der Waals surface area contributed by atoms with Gasteiger partial charge in [0.15, 0.2) is 0 Å². The van der Waals surface area contributed by atoms with Gasteiger partial charge < -0.3 is 15.2 Å². The fourth-order valence-corrected chi connectivity index (χ4v) is 1.54. The molecule has 0 unspecified atom stereocenters. The van der Waals surface area contributed by atoms with E-state index in [1.807, 2.05) is 18.2 Å². The van der Waals surface area contributed by atoms with Crippen molar-refractivity contribution in [3.05, 3.63) is 35.9 Å². The van der Waals surface area contributed by atoms with Crippen molar-refractivity contribution in [2.24, 2.45) is 5.73 Å². The van der Waals surface area contributed by atoms with Crippen LogP contribution in [0.25, 0.3) is 0 Å². The molecule has 1 fully saturated rings. The smallest absolute Gasteiger partial charge is 0.106 e. The van der Waals surface area contributed by atoms with Crippen LogP contribution in [-0.2, 0) is 9.47 Å². The predicted octanol–water partition coefficient (Wildman–Crippen LogP) is 1.10. The molecule has 1 saturated heterocycles. The number of nitrogens with two attached hydrogens (primary N) is 1. The third-order valence-corrected chi connectivity index (χ3v) is 2.40. The molecule has 0 saturated carbocycles. The van der Waals surface area contributed by atoms with Crippen LogP contribution < -0.4 is 5.73 Å². The molecule has 76 valence electrons. The third kappa shape index (κ3) is 2.12. The van der Waals surface area contributed by atoms with Gasteiger partial charge in [-0.15, -0.1) is 0 Å². The average molecular weight is 193 g/mol. The molecule has 0 radical (unpaired) electrons. The second-order valence-electron chi connectivity index (χ2n) is 3.42. The monoisotopic (exact) mass is 193 g/mol. The van der Waals surface area contributed by atoms with Crippen LogP contribution in [0.5, 0.6) is 0 Å². The van der Waals surface area contributed by atoms with E-state index in [4.69, 9.17) is 15.2 Å². The topological polar surface area (TPSA) is 44.5 Å². The molecule has 0 spiro atoms. The summed E-state index contributed by atoms with van der Waals surface area (Å²) in [6, 6.07) is 10.1. The zero-order valence-corrected chi connectivity index (χ0v) is 8.06. The summed E-state index contributed by atoms with van der Waals surface area (Å²) in [6.07, 6.45) is 0.133. The highest BCUT2D eigenvalue weighted by Gasteiger charge is 2.21. The summed E-state index contributed by atoms with van der Waals surface area (Å²) >= 11 is 0. The van der Waals surface area contributed by atoms with Crippen molar-refractivity contribution in [3.63, 3.8) is 0 Å². The Labute approximate surface area is 83.8 Å². The molecule has 2 N–H and O–H groups in total. The second kappa shape index (κ2) is 4.55. The van der Waals surface area contributed by atoms with Gasteiger partial charge >= 0.3 is 0 Å². The van der Waals surface area contributed by atoms with Crippen molar-refractivity contribution in [1.29, 1.82) is 0 Å². The molecule has 14 heavy (non-hydrogen) atoms. The largest absolute Gasteiger partial charge is 0.371 e. The molecule has 2 atom stereocenters. The Bertz CT molecular complexity index is 268. The second-order valence-corrected chi connectivity index (χ2v) is 3.42. The molecule has 1 aliphatic heterocycles. The summed E-state index contributed by atoms with van der Waals surface area (Å²) in [7, 11) is 0. The lowest BCUT2D eigenvalue weighted by molar-refractivity contribution is -0.131. The molecular weight excluding hydrogens is 178 g/mol. The molecule has 1 aromatic carbocycles. The molecular formula is C11H15NO2. The Balaban J connectivity index is 1.96. The van der Waals surface area contributed by atoms with E-state index in [0.29, 0.717) is 19.8 Å². The van der Waals surface area contributed by atoms with E-state index in [9.17, 15) is 0 Å². The lowest BCUT2D eigenvalue weighted by atomic mass is 10.1. The van der Waals surface area contributed by atoms with Crippen LogP contribution in [0.1, 0.15) is 11.7 Å². The maximum absolute atomic E-state index is 5.66. The van der Waals surface area contributed by atoms with Crippen LogP contribution in [0.3, 0.4) is 0 Å². The van der Waals surface area contributed by atoms with Crippen molar-refractivity contribution < 1.29 is 9.47 Å². The summed E-state index contributed by atoms with van der Waals surface area (Å²) in [6.45, 7) is 1.73. The van der Waals surface area contributed by atoms with Gasteiger partial charge in [0.1, 0.15) is 6.10 Å². The van der Waals surface area contributed by atoms with Crippen LogP contribution >= 0.6 is 0 Å². The lowest BCUT2D eigenvalue weighted by Crippen LogP contribution is -2.36. The van der Waals surface area contributed by atoms with Gasteiger partial charge in [0.05, 0.1) is 19.3 Å². The number of hydrogen-bond acceptors (Lipinski definition) is 3. The highest BCUT2D eigenvalue weighted by atomic mass is 16.6. The summed E-state index contributed by atoms with van der Waals surface area (Å²) in [5, 5.41) is 0. The molecule has 2 rings (SSSR count). The predicted molar refractivity (Wildman–Crippen MR) is 53.9 cm³/mol. The highest BCUT2D eigenvalue weighted by molar-refractivity contribution is 5.17. The zero-order chi connectivity index (χ0) is 9.80. The van der Waals surface area contributed by atoms with Gasteiger partial charge in [-0.05, 0) is 5.56 Å². The molecule has 3 nitrogen and oxygen atoms in total. The Morgan fingerprint density at radius 1 is 1.14 bits per heavy atom. The Kier molecular flexibility index (Phi) is 3.14. The van der Waals surface area contributed by atoms with Gasteiger partial charge in [-0.1, -0.05) is 30.3 Å². The number of benzene rings is 1. The van der Waals surface area contributed by atoms with E-state index >= 15 is 0 Å². The van der Waals surface area contributed by atoms with E-state index in [2.05, 4.69) is 12.1 Å². The standard InChI is InChI=1S/C11H15NO2/c12-6-10-7-14-11(8-13-10)9-4-2-1-3-5-9/h1-5,10-11H,6-8,12H2/t10-,11+/m1/s1. The van der Waals surface area contributed by atoms with Crippen LogP contribution in [0, 0.1) is 0 Å². The fourth-order valence-electron chi connectivity index (χ4n) is 1.54. The van der Waals surface area contributed by atoms with Crippen LogP contribution in [0.4, 0.5) is 0 Å². The van der Waals surface area contributed by atoms with Gasteiger partial charge in [0.2, 0.25) is 0 Å². The van der Waals surface area contributed by atoms with E-state index < -0.39 is 0 Å². The number of ether oxygens (including phenoxy) is 2. The summed E-state index contributed by atoms with van der Waals surface area (Å²) < 4.78 is 11.2. The fraction of sp³-hybridized carbons (Fsp3) is 0.455. The van der Waals surface area contributed by atoms with Gasteiger partial charge in [-0.3, -0.25) is 0 Å². The average Bonchev–Trinajstić information content (AvgIpc) is 2.30. The van der Waals surface area contributed by atoms with Crippen molar-refractivity contribution in [2.75, 3.05) is 19.8 Å². The molecule has 0 aliphatic carbocycles. The Morgan fingerprint density at radius 2 is 1.93 bits per heavy atom. The van der Waals surface area contributed by atoms with Crippen molar-refractivity contribution in [2.45, 2.75) is 12.2 Å². The quantitative estimate of drug-likeness (QED) is 0.765. The van der Waals surface area contributed by atoms with E-state index in [0.717, 1.165) is 0 Å². The van der Waals surface area contributed by atoms with E-state index in [-0.39, 0.29) is 12.2 Å². The van der Waals surface area contributed by atoms with Crippen molar-refractivity contribution >= 4 is 0 Å². The maximum atomic E-state index is 5.66. The first kappa shape index (κ1) is 9.65. The van der Waals surface area contributed by atoms with Gasteiger partial charge in [0, 0.05) is 6.54 Å². The first-order valence-corrected chi connectivity index (χ1v) is 4.88. The maximum Gasteiger partial charge on any atom is 0.106 e. The SMILES string of the molecule is NC[C@@H]1CO[C@H](c2ccccc2)CO1. The normalized spacial score (nSPS) is 27.5. The Morgan fingerprint density at radius 3 is 2.50 bits per heavy atom. The molecule has 0 aromatic heterocycles. The van der Waals surface area contributed by atoms with Crippen LogP contribution in [0.15, 0.2) is 30.3 Å². The zero-order valence-electron chi connectivity index (χ0n) is 8.06. The molecule has 1 aromatic rings. The minimum Gasteiger partial charge on any atom is -0.371 e. The number of rotatable bonds is 2. The van der Waals surface area contributed by atoms with E-state index in [1.165, 1.54) is 5.56 Å². The molecule has 3 heteroatoms. The molecule has 0 bridgehead atoms. The first-order valence-electron chi connectivity index (χ1n) is 4.88. The minimum atomic E-state index is 0.0648. The van der Waals surface area contributed by atoms with Gasteiger partial charge in [0.25, 0.3) is 0 Å². The molecule has 0 amide bonds. The number of hydrogen-bond donors (Lipinski definition) is 1. The van der Waals surface area contributed by atoms with Crippen molar-refractivity contribution in [3.8, 4) is 0 Å². The first-order chi connectivity index (χ1) is 6.90. The van der Waals surface area contributed by atoms with Crippen molar-refractivity contribution in [1.82, 2.24) is 0 Å². The van der Waals surface area contributed by atoms with Crippen LogP contribution in [-0.4, -0.2) is 25.9 Å². The van der Waals surface area contributed by atoms with Gasteiger partial charge in [-0.2, -0.15) is 0 Å². The van der Waals surface area contributed by atoms with Gasteiger partial charge in [-0.25, -0.2) is 0 Å². The molecule has 1 heterocycles. The summed E-state index contributed by atoms with van der Waals surface area (Å²) in [4.78, 5) is 0. The molecule has 1 aliphatic rings. The van der Waals surface area contributed by atoms with Crippen LogP contribution in [0.2, 0.25) is 0 Å². The minimum absolute atomic E-state index is 0.0648. The third-order valence-electron chi connectivity index (χ3n) is 2.40. The highest BCUT2D eigenvalue weighted by Crippen LogP contribution is 2.21. The Hall–Kier alpha value is -0.900. The summed E-state index contributed by atoms with van der Waals surface area (Å²) in [5.74, 6) is 0. The van der Waals surface area contributed by atoms with E-state index in [1.54, 1.807) is 0 Å². The lowest BCUT2D eigenvalue weighted by Gasteiger charge is -2.28. The summed E-state index contributed by atoms with van der Waals surface area (Å²) in [5.41, 5.74) is 6.65.